The van der Waals surface area contributed by atoms with Crippen molar-refractivity contribution < 1.29 is 9.47 Å². The normalized spacial score (nSPS) is 11.0. The van der Waals surface area contributed by atoms with Crippen molar-refractivity contribution in [3.8, 4) is 22.8 Å². The quantitative estimate of drug-likeness (QED) is 0.317. The summed E-state index contributed by atoms with van der Waals surface area (Å²) in [5.74, 6) is 2.27. The van der Waals surface area contributed by atoms with Gasteiger partial charge in [-0.1, -0.05) is 0 Å². The molecule has 0 saturated heterocycles. The van der Waals surface area contributed by atoms with E-state index in [0.29, 0.717) is 0 Å². The molecule has 0 aliphatic rings. The molecule has 0 aliphatic heterocycles. The van der Waals surface area contributed by atoms with Crippen LogP contribution in [0.4, 0.5) is 11.4 Å². The fourth-order valence-corrected chi connectivity index (χ4v) is 4.13. The Morgan fingerprint density at radius 2 is 1.67 bits per heavy atom. The highest BCUT2D eigenvalue weighted by molar-refractivity contribution is 5.83. The number of hydrogen-bond donors (Lipinski definition) is 1. The monoisotopic (exact) mass is 481 g/mol. The van der Waals surface area contributed by atoms with Gasteiger partial charge in [-0.2, -0.15) is 5.10 Å². The van der Waals surface area contributed by atoms with Crippen molar-refractivity contribution in [3.05, 3.63) is 78.8 Å². The molecule has 3 heterocycles. The minimum atomic E-state index is 0.721. The lowest BCUT2D eigenvalue weighted by molar-refractivity contribution is 0.394. The van der Waals surface area contributed by atoms with Crippen LogP contribution in [0.25, 0.3) is 22.3 Å². The van der Waals surface area contributed by atoms with Gasteiger partial charge in [0.2, 0.25) is 0 Å². The summed E-state index contributed by atoms with van der Waals surface area (Å²) >= 11 is 0. The van der Waals surface area contributed by atoms with Crippen molar-refractivity contribution in [1.29, 1.82) is 0 Å². The number of ether oxygens (including phenoxy) is 2. The van der Waals surface area contributed by atoms with Crippen molar-refractivity contribution >= 4 is 22.4 Å². The Bertz CT molecular complexity index is 1450. The molecule has 0 saturated carbocycles. The molecule has 5 aromatic rings. The minimum Gasteiger partial charge on any atom is -0.497 e. The van der Waals surface area contributed by atoms with E-state index in [1.54, 1.807) is 32.8 Å². The molecule has 5 rings (SSSR count). The molecule has 9 heteroatoms. The van der Waals surface area contributed by atoms with Crippen LogP contribution in [0.15, 0.2) is 67.3 Å². The number of nitrogens with zero attached hydrogens (tertiary/aromatic N) is 6. The first-order valence-corrected chi connectivity index (χ1v) is 11.7. The Kier molecular flexibility index (Phi) is 6.70. The molecule has 0 amide bonds. The van der Waals surface area contributed by atoms with Crippen LogP contribution < -0.4 is 14.4 Å². The number of aromatic nitrogens is 6. The number of aromatic amines is 1. The van der Waals surface area contributed by atoms with Gasteiger partial charge >= 0.3 is 0 Å². The first-order chi connectivity index (χ1) is 17.6. The molecule has 182 valence electrons. The maximum absolute atomic E-state index is 5.54. The standard InChI is InChI=1S/C27H27N7O2/c1-18-23(16-31-33-18)26-17-30-24-8-7-19(14-25(24)32-26)34(11-4-6-27-28-9-5-10-29-27)20-12-21(35-2)15-22(13-20)36-3/h5,7-10,12-17H,4,6,11H2,1-3H3,(H,31,33). The second-order valence-electron chi connectivity index (χ2n) is 8.30. The van der Waals surface area contributed by atoms with Gasteiger partial charge in [0.15, 0.2) is 0 Å². The molecule has 36 heavy (non-hydrogen) atoms. The van der Waals surface area contributed by atoms with E-state index in [9.17, 15) is 0 Å². The third kappa shape index (κ3) is 4.95. The third-order valence-electron chi connectivity index (χ3n) is 5.99. The van der Waals surface area contributed by atoms with Gasteiger partial charge in [-0.15, -0.1) is 0 Å². The Morgan fingerprint density at radius 3 is 2.36 bits per heavy atom. The maximum Gasteiger partial charge on any atom is 0.128 e. The first kappa shape index (κ1) is 23.2. The van der Waals surface area contributed by atoms with Crippen molar-refractivity contribution in [3.63, 3.8) is 0 Å². The Morgan fingerprint density at radius 1 is 0.889 bits per heavy atom. The fraction of sp³-hybridized carbons (Fsp3) is 0.222. The van der Waals surface area contributed by atoms with Crippen LogP contribution in [0, 0.1) is 6.92 Å². The molecule has 0 radical (unpaired) electrons. The molecule has 3 aromatic heterocycles. The maximum atomic E-state index is 5.54. The molecule has 0 unspecified atom stereocenters. The SMILES string of the molecule is COc1cc(OC)cc(N(CCCc2ncccn2)c2ccc3ncc(-c4c[nH]nc4C)nc3c2)c1. The summed E-state index contributed by atoms with van der Waals surface area (Å²) in [5, 5.41) is 7.11. The van der Waals surface area contributed by atoms with Crippen LogP contribution >= 0.6 is 0 Å². The minimum absolute atomic E-state index is 0.721. The summed E-state index contributed by atoms with van der Waals surface area (Å²) in [6, 6.07) is 13.8. The Balaban J connectivity index is 1.53. The molecule has 0 bridgehead atoms. The van der Waals surface area contributed by atoms with Gasteiger partial charge in [0, 0.05) is 66.7 Å². The fourth-order valence-electron chi connectivity index (χ4n) is 4.13. The van der Waals surface area contributed by atoms with E-state index in [1.807, 2.05) is 43.5 Å². The number of rotatable bonds is 9. The molecule has 9 nitrogen and oxygen atoms in total. The summed E-state index contributed by atoms with van der Waals surface area (Å²) in [6.45, 7) is 2.68. The number of H-pyrrole nitrogens is 1. The molecule has 0 aliphatic carbocycles. The highest BCUT2D eigenvalue weighted by Crippen LogP contribution is 2.34. The Hall–Kier alpha value is -4.53. The van der Waals surface area contributed by atoms with Crippen molar-refractivity contribution in [2.24, 2.45) is 0 Å². The van der Waals surface area contributed by atoms with Crippen LogP contribution in [0.3, 0.4) is 0 Å². The molecular weight excluding hydrogens is 454 g/mol. The lowest BCUT2D eigenvalue weighted by atomic mass is 10.1. The highest BCUT2D eigenvalue weighted by Gasteiger charge is 2.15. The molecular formula is C27H27N7O2. The highest BCUT2D eigenvalue weighted by atomic mass is 16.5. The smallest absolute Gasteiger partial charge is 0.128 e. The second-order valence-corrected chi connectivity index (χ2v) is 8.30. The van der Waals surface area contributed by atoms with E-state index in [-0.39, 0.29) is 0 Å². The van der Waals surface area contributed by atoms with Gasteiger partial charge in [0.25, 0.3) is 0 Å². The van der Waals surface area contributed by atoms with Crippen LogP contribution in [0.2, 0.25) is 0 Å². The van der Waals surface area contributed by atoms with Gasteiger partial charge in [-0.25, -0.2) is 15.0 Å². The lowest BCUT2D eigenvalue weighted by Crippen LogP contribution is -2.19. The zero-order valence-corrected chi connectivity index (χ0v) is 20.5. The average Bonchev–Trinajstić information content (AvgIpc) is 3.36. The number of nitrogens with one attached hydrogen (secondary N) is 1. The second kappa shape index (κ2) is 10.4. The van der Waals surface area contributed by atoms with Gasteiger partial charge < -0.3 is 14.4 Å². The zero-order valence-electron chi connectivity index (χ0n) is 20.5. The van der Waals surface area contributed by atoms with Gasteiger partial charge in [-0.05, 0) is 37.6 Å². The number of aryl methyl sites for hydroxylation is 2. The van der Waals surface area contributed by atoms with E-state index in [1.165, 1.54) is 0 Å². The zero-order chi connectivity index (χ0) is 24.9. The van der Waals surface area contributed by atoms with E-state index in [0.717, 1.165) is 76.1 Å². The van der Waals surface area contributed by atoms with Crippen molar-refractivity contribution in [2.45, 2.75) is 19.8 Å². The number of hydrogen-bond acceptors (Lipinski definition) is 8. The van der Waals surface area contributed by atoms with Crippen LogP contribution in [0.5, 0.6) is 11.5 Å². The summed E-state index contributed by atoms with van der Waals surface area (Å²) in [6.07, 6.45) is 8.78. The summed E-state index contributed by atoms with van der Waals surface area (Å²) in [4.78, 5) is 20.5. The molecule has 1 N–H and O–H groups in total. The number of fused-ring (bicyclic) bond motifs is 1. The van der Waals surface area contributed by atoms with E-state index in [2.05, 4.69) is 42.2 Å². The van der Waals surface area contributed by atoms with E-state index in [4.69, 9.17) is 14.5 Å². The van der Waals surface area contributed by atoms with Crippen LogP contribution in [0.1, 0.15) is 17.9 Å². The van der Waals surface area contributed by atoms with E-state index < -0.39 is 0 Å². The van der Waals surface area contributed by atoms with Gasteiger partial charge in [0.05, 0.1) is 42.8 Å². The number of methoxy groups -OCH3 is 2. The Labute approximate surface area is 209 Å². The average molecular weight is 482 g/mol. The lowest BCUT2D eigenvalue weighted by Gasteiger charge is -2.26. The van der Waals surface area contributed by atoms with Crippen molar-refractivity contribution in [2.75, 3.05) is 25.7 Å². The van der Waals surface area contributed by atoms with E-state index >= 15 is 0 Å². The third-order valence-corrected chi connectivity index (χ3v) is 5.99. The van der Waals surface area contributed by atoms with Gasteiger partial charge in [0.1, 0.15) is 17.3 Å². The summed E-state index contributed by atoms with van der Waals surface area (Å²) in [7, 11) is 3.31. The number of anilines is 2. The largest absolute Gasteiger partial charge is 0.497 e. The summed E-state index contributed by atoms with van der Waals surface area (Å²) in [5.41, 5.74) is 6.17. The van der Waals surface area contributed by atoms with Crippen LogP contribution in [-0.2, 0) is 6.42 Å². The van der Waals surface area contributed by atoms with Crippen LogP contribution in [-0.4, -0.2) is 50.9 Å². The molecule has 2 aromatic carbocycles. The van der Waals surface area contributed by atoms with Crippen molar-refractivity contribution in [1.82, 2.24) is 30.1 Å². The summed E-state index contributed by atoms with van der Waals surface area (Å²) < 4.78 is 11.1. The molecule has 0 fully saturated rings. The molecule has 0 atom stereocenters. The predicted octanol–water partition coefficient (Wildman–Crippen LogP) is 4.91. The first-order valence-electron chi connectivity index (χ1n) is 11.7. The van der Waals surface area contributed by atoms with Gasteiger partial charge in [-0.3, -0.25) is 10.1 Å². The number of benzene rings is 2. The predicted molar refractivity (Wildman–Crippen MR) is 139 cm³/mol. The molecule has 0 spiro atoms. The topological polar surface area (TPSA) is 102 Å².